The lowest BCUT2D eigenvalue weighted by atomic mass is 9.63. The number of rotatable bonds is 8. The summed E-state index contributed by atoms with van der Waals surface area (Å²) in [6, 6.07) is 2.99. The third kappa shape index (κ3) is 7.62. The van der Waals surface area contributed by atoms with Crippen molar-refractivity contribution in [1.82, 2.24) is 25.4 Å². The number of nitrogens with zero attached hydrogens (tertiary/aromatic N) is 2. The molecule has 0 bridgehead atoms. The van der Waals surface area contributed by atoms with Crippen LogP contribution in [0.25, 0.3) is 0 Å². The molecular weight excluding hydrogens is 514 g/mol. The largest absolute Gasteiger partial charge is 0.379 e. The number of hydrogen-bond donors (Lipinski definition) is 3. The van der Waals surface area contributed by atoms with Crippen molar-refractivity contribution in [2.24, 2.45) is 29.6 Å². The zero-order valence-corrected chi connectivity index (χ0v) is 26.1. The number of carbonyl (C=O) groups excluding carboxylic acids is 1. The van der Waals surface area contributed by atoms with Gasteiger partial charge in [-0.05, 0) is 121 Å². The van der Waals surface area contributed by atoms with Crippen molar-refractivity contribution in [2.45, 2.75) is 90.8 Å². The normalized spacial score (nSPS) is 32.2. The molecular formula is C33H55N5O3. The third-order valence-corrected chi connectivity index (χ3v) is 11.2. The first kappa shape index (κ1) is 30.7. The Balaban J connectivity index is 1.26. The van der Waals surface area contributed by atoms with Gasteiger partial charge in [0.2, 0.25) is 5.91 Å². The smallest absolute Gasteiger partial charge is 0.253 e. The van der Waals surface area contributed by atoms with Crippen molar-refractivity contribution in [1.29, 1.82) is 0 Å². The fraction of sp³-hybridized carbons (Fsp3) is 0.818. The summed E-state index contributed by atoms with van der Waals surface area (Å²) < 4.78 is 5.56. The monoisotopic (exact) mass is 569 g/mol. The standard InChI is InChI=1S/C33H55N5O3/c1-22-17-23(2)36-33(40)30(22)20-35-32(39)29-18-27(19-31(24(29)3)37(4)28-9-11-34-12-10-28)26-7-5-25(6-8-26)21-38-13-15-41-16-14-38/h17,24-29,31,34H,5-16,18-21H2,1-4H3,(H,35,39)(H,36,40). The molecule has 4 unspecified atom stereocenters. The van der Waals surface area contributed by atoms with Gasteiger partial charge in [0.25, 0.3) is 5.56 Å². The highest BCUT2D eigenvalue weighted by molar-refractivity contribution is 5.79. The quantitative estimate of drug-likeness (QED) is 0.444. The molecule has 8 heteroatoms. The topological polar surface area (TPSA) is 89.7 Å². The second kappa shape index (κ2) is 14.2. The number of pyridine rings is 1. The van der Waals surface area contributed by atoms with Crippen LogP contribution in [-0.4, -0.2) is 85.8 Å². The van der Waals surface area contributed by atoms with Crippen LogP contribution in [0.1, 0.15) is 75.1 Å². The van der Waals surface area contributed by atoms with Crippen molar-refractivity contribution < 1.29 is 9.53 Å². The number of ether oxygens (including phenoxy) is 1. The van der Waals surface area contributed by atoms with Gasteiger partial charge in [0.1, 0.15) is 0 Å². The minimum atomic E-state index is -0.0882. The minimum absolute atomic E-state index is 0.0150. The van der Waals surface area contributed by atoms with Gasteiger partial charge >= 0.3 is 0 Å². The fourth-order valence-electron chi connectivity index (χ4n) is 8.58. The van der Waals surface area contributed by atoms with Gasteiger partial charge in [-0.2, -0.15) is 0 Å². The molecule has 1 aromatic heterocycles. The Morgan fingerprint density at radius 3 is 2.44 bits per heavy atom. The molecule has 1 amide bonds. The van der Waals surface area contributed by atoms with Crippen LogP contribution in [0, 0.1) is 43.4 Å². The summed E-state index contributed by atoms with van der Waals surface area (Å²) in [5, 5.41) is 6.73. The molecule has 4 atom stereocenters. The van der Waals surface area contributed by atoms with Crippen LogP contribution in [0.15, 0.2) is 10.9 Å². The second-order valence-corrected chi connectivity index (χ2v) is 13.8. The Morgan fingerprint density at radius 1 is 1.05 bits per heavy atom. The summed E-state index contributed by atoms with van der Waals surface area (Å²) in [5.41, 5.74) is 2.38. The maximum atomic E-state index is 13.8. The molecule has 3 N–H and O–H groups in total. The van der Waals surface area contributed by atoms with Crippen molar-refractivity contribution in [3.05, 3.63) is 33.2 Å². The first-order valence-electron chi connectivity index (χ1n) is 16.5. The lowest BCUT2D eigenvalue weighted by molar-refractivity contribution is -0.131. The lowest BCUT2D eigenvalue weighted by Gasteiger charge is -2.49. The van der Waals surface area contributed by atoms with Gasteiger partial charge in [0.05, 0.1) is 13.2 Å². The molecule has 2 aliphatic heterocycles. The van der Waals surface area contributed by atoms with Crippen molar-refractivity contribution in [3.63, 3.8) is 0 Å². The molecule has 0 aromatic carbocycles. The summed E-state index contributed by atoms with van der Waals surface area (Å²) in [4.78, 5) is 34.6. The van der Waals surface area contributed by atoms with Gasteiger partial charge in [0.15, 0.2) is 0 Å². The molecule has 2 aliphatic carbocycles. The molecule has 41 heavy (non-hydrogen) atoms. The maximum Gasteiger partial charge on any atom is 0.253 e. The van der Waals surface area contributed by atoms with E-state index in [0.717, 1.165) is 63.0 Å². The van der Waals surface area contributed by atoms with Gasteiger partial charge in [-0.25, -0.2) is 0 Å². The van der Waals surface area contributed by atoms with E-state index in [2.05, 4.69) is 39.4 Å². The molecule has 230 valence electrons. The molecule has 0 spiro atoms. The highest BCUT2D eigenvalue weighted by Crippen LogP contribution is 2.45. The SMILES string of the molecule is Cc1cc(C)c(CNC(=O)C2CC(C3CCC(CN4CCOCC4)CC3)CC(N(C)C3CCNCC3)C2C)c(=O)[nH]1. The zero-order chi connectivity index (χ0) is 28.9. The molecule has 1 aromatic rings. The van der Waals surface area contributed by atoms with Gasteiger partial charge in [-0.3, -0.25) is 14.5 Å². The number of morpholine rings is 1. The van der Waals surface area contributed by atoms with Gasteiger partial charge < -0.3 is 25.3 Å². The maximum absolute atomic E-state index is 13.8. The predicted octanol–water partition coefficient (Wildman–Crippen LogP) is 3.46. The summed E-state index contributed by atoms with van der Waals surface area (Å²) in [6.07, 6.45) is 9.78. The minimum Gasteiger partial charge on any atom is -0.379 e. The Labute approximate surface area is 247 Å². The van der Waals surface area contributed by atoms with Crippen LogP contribution in [0.2, 0.25) is 0 Å². The van der Waals surface area contributed by atoms with Crippen molar-refractivity contribution in [3.8, 4) is 0 Å². The van der Waals surface area contributed by atoms with E-state index in [1.165, 1.54) is 51.5 Å². The predicted molar refractivity (Wildman–Crippen MR) is 164 cm³/mol. The van der Waals surface area contributed by atoms with Crippen LogP contribution in [0.4, 0.5) is 0 Å². The van der Waals surface area contributed by atoms with Crippen LogP contribution in [-0.2, 0) is 16.1 Å². The Bertz CT molecular complexity index is 1060. The average molecular weight is 570 g/mol. The molecule has 0 radical (unpaired) electrons. The summed E-state index contributed by atoms with van der Waals surface area (Å²) in [5.74, 6) is 2.51. The van der Waals surface area contributed by atoms with E-state index in [1.54, 1.807) is 0 Å². The summed E-state index contributed by atoms with van der Waals surface area (Å²) in [6.45, 7) is 13.8. The third-order valence-electron chi connectivity index (χ3n) is 11.2. The van der Waals surface area contributed by atoms with E-state index in [0.29, 0.717) is 41.9 Å². The van der Waals surface area contributed by atoms with E-state index < -0.39 is 0 Å². The van der Waals surface area contributed by atoms with Crippen LogP contribution in [0.3, 0.4) is 0 Å². The van der Waals surface area contributed by atoms with Crippen LogP contribution in [0.5, 0.6) is 0 Å². The van der Waals surface area contributed by atoms with E-state index in [-0.39, 0.29) is 17.4 Å². The second-order valence-electron chi connectivity index (χ2n) is 13.8. The number of aromatic nitrogens is 1. The number of H-pyrrole nitrogens is 1. The number of aromatic amines is 1. The molecule has 5 rings (SSSR count). The molecule has 4 aliphatic rings. The Morgan fingerprint density at radius 2 is 1.76 bits per heavy atom. The van der Waals surface area contributed by atoms with E-state index in [9.17, 15) is 9.59 Å². The van der Waals surface area contributed by atoms with Crippen LogP contribution >= 0.6 is 0 Å². The van der Waals surface area contributed by atoms with Gasteiger partial charge in [-0.15, -0.1) is 0 Å². The number of hydrogen-bond acceptors (Lipinski definition) is 6. The van der Waals surface area contributed by atoms with E-state index >= 15 is 0 Å². The molecule has 4 fully saturated rings. The van der Waals surface area contributed by atoms with Crippen molar-refractivity contribution >= 4 is 5.91 Å². The first-order chi connectivity index (χ1) is 19.8. The Kier molecular flexibility index (Phi) is 10.6. The van der Waals surface area contributed by atoms with E-state index in [1.807, 2.05) is 19.9 Å². The number of aryl methyl sites for hydroxylation is 2. The number of amides is 1. The zero-order valence-electron chi connectivity index (χ0n) is 26.1. The van der Waals surface area contributed by atoms with Crippen LogP contribution < -0.4 is 16.2 Å². The average Bonchev–Trinajstić information content (AvgIpc) is 2.97. The lowest BCUT2D eigenvalue weighted by Crippen LogP contribution is -2.54. The van der Waals surface area contributed by atoms with Gasteiger partial charge in [0, 0.05) is 55.4 Å². The Hall–Kier alpha value is -1.74. The number of carbonyl (C=O) groups is 1. The molecule has 2 saturated carbocycles. The van der Waals surface area contributed by atoms with E-state index in [4.69, 9.17) is 4.74 Å². The number of piperidine rings is 1. The number of nitrogens with one attached hydrogen (secondary N) is 3. The summed E-state index contributed by atoms with van der Waals surface area (Å²) >= 11 is 0. The molecule has 3 heterocycles. The molecule has 2 saturated heterocycles. The molecule has 8 nitrogen and oxygen atoms in total. The van der Waals surface area contributed by atoms with Gasteiger partial charge in [-0.1, -0.05) is 6.92 Å². The highest BCUT2D eigenvalue weighted by Gasteiger charge is 2.44. The summed E-state index contributed by atoms with van der Waals surface area (Å²) in [7, 11) is 2.32. The van der Waals surface area contributed by atoms with Crippen molar-refractivity contribution in [2.75, 3.05) is 53.0 Å². The highest BCUT2D eigenvalue weighted by atomic mass is 16.5. The fourth-order valence-corrected chi connectivity index (χ4v) is 8.58. The first-order valence-corrected chi connectivity index (χ1v) is 16.5.